The summed E-state index contributed by atoms with van der Waals surface area (Å²) in [6, 6.07) is 13.3. The van der Waals surface area contributed by atoms with Gasteiger partial charge in [0, 0.05) is 6.61 Å². The van der Waals surface area contributed by atoms with Crippen LogP contribution in [-0.2, 0) is 11.2 Å². The van der Waals surface area contributed by atoms with Crippen molar-refractivity contribution in [3.63, 3.8) is 0 Å². The summed E-state index contributed by atoms with van der Waals surface area (Å²) in [5.41, 5.74) is 4.39. The molecule has 1 fully saturated rings. The molecule has 0 aromatic heterocycles. The molecule has 0 saturated carbocycles. The molecule has 1 heteroatoms. The highest BCUT2D eigenvalue weighted by molar-refractivity contribution is 5.86. The Morgan fingerprint density at radius 1 is 1.06 bits per heavy atom. The van der Waals surface area contributed by atoms with E-state index in [0.29, 0.717) is 5.92 Å². The Morgan fingerprint density at radius 2 is 1.89 bits per heavy atom. The second-order valence-corrected chi connectivity index (χ2v) is 5.36. The monoisotopic (exact) mass is 236 g/mol. The molecule has 0 spiro atoms. The first-order chi connectivity index (χ1) is 8.90. The van der Waals surface area contributed by atoms with Gasteiger partial charge in [-0.15, -0.1) is 0 Å². The second-order valence-electron chi connectivity index (χ2n) is 5.36. The lowest BCUT2D eigenvalue weighted by Gasteiger charge is -2.30. The van der Waals surface area contributed by atoms with E-state index in [1.165, 1.54) is 40.3 Å². The molecule has 0 N–H and O–H groups in total. The molecule has 0 amide bonds. The molecule has 0 bridgehead atoms. The Kier molecular flexibility index (Phi) is 2.27. The van der Waals surface area contributed by atoms with Gasteiger partial charge in [0.15, 0.2) is 0 Å². The maximum absolute atomic E-state index is 5.57. The van der Waals surface area contributed by atoms with Crippen molar-refractivity contribution in [3.05, 3.63) is 53.1 Å². The lowest BCUT2D eigenvalue weighted by atomic mass is 9.80. The Balaban J connectivity index is 1.89. The summed E-state index contributed by atoms with van der Waals surface area (Å²) in [6.07, 6.45) is 4.72. The number of hydrogen-bond donors (Lipinski definition) is 0. The van der Waals surface area contributed by atoms with Gasteiger partial charge in [-0.25, -0.2) is 0 Å². The molecule has 1 unspecified atom stereocenters. The summed E-state index contributed by atoms with van der Waals surface area (Å²) in [5.74, 6) is 0.715. The normalized spacial score (nSPS) is 22.2. The van der Waals surface area contributed by atoms with E-state index in [0.717, 1.165) is 13.2 Å². The first-order valence-corrected chi connectivity index (χ1v) is 6.70. The van der Waals surface area contributed by atoms with Gasteiger partial charge in [-0.3, -0.25) is 0 Å². The number of hydrogen-bond acceptors (Lipinski definition) is 1. The summed E-state index contributed by atoms with van der Waals surface area (Å²) in [7, 11) is 0. The van der Waals surface area contributed by atoms with Crippen molar-refractivity contribution in [1.82, 2.24) is 0 Å². The van der Waals surface area contributed by atoms with Gasteiger partial charge in [-0.2, -0.15) is 0 Å². The van der Waals surface area contributed by atoms with Crippen LogP contribution in [0.15, 0.2) is 42.0 Å². The van der Waals surface area contributed by atoms with Crippen LogP contribution in [0.5, 0.6) is 0 Å². The molecular formula is C17H16O. The zero-order chi connectivity index (χ0) is 11.9. The van der Waals surface area contributed by atoms with Crippen molar-refractivity contribution < 1.29 is 4.74 Å². The molecule has 1 aliphatic carbocycles. The van der Waals surface area contributed by atoms with E-state index in [4.69, 9.17) is 4.74 Å². The van der Waals surface area contributed by atoms with Gasteiger partial charge < -0.3 is 4.74 Å². The Morgan fingerprint density at radius 3 is 2.78 bits per heavy atom. The summed E-state index contributed by atoms with van der Waals surface area (Å²) in [6.45, 7) is 1.75. The molecule has 2 aliphatic rings. The van der Waals surface area contributed by atoms with Crippen LogP contribution in [0.4, 0.5) is 0 Å². The van der Waals surface area contributed by atoms with Crippen molar-refractivity contribution >= 4 is 16.8 Å². The van der Waals surface area contributed by atoms with Gasteiger partial charge in [0.05, 0.1) is 6.61 Å². The fraction of sp³-hybridized carbons (Fsp3) is 0.294. The van der Waals surface area contributed by atoms with E-state index in [2.05, 4.69) is 42.5 Å². The molecule has 2 aromatic rings. The molecule has 2 aromatic carbocycles. The maximum atomic E-state index is 5.57. The topological polar surface area (TPSA) is 9.23 Å². The second kappa shape index (κ2) is 3.96. The Hall–Kier alpha value is -1.60. The summed E-state index contributed by atoms with van der Waals surface area (Å²) < 4.78 is 5.57. The number of benzene rings is 2. The predicted octanol–water partition coefficient (Wildman–Crippen LogP) is 3.82. The van der Waals surface area contributed by atoms with Crippen molar-refractivity contribution in [1.29, 1.82) is 0 Å². The van der Waals surface area contributed by atoms with E-state index in [-0.39, 0.29) is 0 Å². The highest BCUT2D eigenvalue weighted by Crippen LogP contribution is 2.35. The quantitative estimate of drug-likeness (QED) is 0.675. The average Bonchev–Trinajstić information content (AvgIpc) is 2.42. The summed E-state index contributed by atoms with van der Waals surface area (Å²) in [5, 5.41) is 2.70. The lowest BCUT2D eigenvalue weighted by molar-refractivity contribution is 0.108. The van der Waals surface area contributed by atoms with Crippen LogP contribution >= 0.6 is 0 Å². The van der Waals surface area contributed by atoms with Crippen LogP contribution in [0.1, 0.15) is 17.5 Å². The van der Waals surface area contributed by atoms with E-state index >= 15 is 0 Å². The van der Waals surface area contributed by atoms with Gasteiger partial charge in [-0.05, 0) is 52.3 Å². The van der Waals surface area contributed by atoms with Gasteiger partial charge in [-0.1, -0.05) is 36.4 Å². The van der Waals surface area contributed by atoms with E-state index in [1.54, 1.807) is 0 Å². The Labute approximate surface area is 107 Å². The van der Waals surface area contributed by atoms with Gasteiger partial charge in [0.25, 0.3) is 0 Å². The molecule has 0 radical (unpaired) electrons. The third kappa shape index (κ3) is 1.58. The highest BCUT2D eigenvalue weighted by Gasteiger charge is 2.24. The lowest BCUT2D eigenvalue weighted by Crippen LogP contribution is -2.23. The van der Waals surface area contributed by atoms with E-state index in [1.807, 2.05) is 0 Å². The molecule has 4 rings (SSSR count). The van der Waals surface area contributed by atoms with Crippen LogP contribution in [0.25, 0.3) is 16.8 Å². The zero-order valence-electron chi connectivity index (χ0n) is 10.4. The smallest absolute Gasteiger partial charge is 0.0682 e. The summed E-state index contributed by atoms with van der Waals surface area (Å²) >= 11 is 0. The minimum atomic E-state index is 0.715. The number of rotatable bonds is 0. The van der Waals surface area contributed by atoms with E-state index < -0.39 is 0 Å². The molecule has 90 valence electrons. The minimum Gasteiger partial charge on any atom is -0.377 e. The van der Waals surface area contributed by atoms with Gasteiger partial charge >= 0.3 is 0 Å². The fourth-order valence-corrected chi connectivity index (χ4v) is 3.19. The average molecular weight is 236 g/mol. The zero-order valence-corrected chi connectivity index (χ0v) is 10.4. The molecule has 1 atom stereocenters. The van der Waals surface area contributed by atoms with Crippen molar-refractivity contribution in [2.75, 3.05) is 13.2 Å². The molecule has 1 saturated heterocycles. The van der Waals surface area contributed by atoms with Crippen LogP contribution in [-0.4, -0.2) is 13.2 Å². The minimum absolute atomic E-state index is 0.715. The third-order valence-corrected chi connectivity index (χ3v) is 4.22. The van der Waals surface area contributed by atoms with E-state index in [9.17, 15) is 0 Å². The van der Waals surface area contributed by atoms with Gasteiger partial charge in [0.2, 0.25) is 0 Å². The largest absolute Gasteiger partial charge is 0.377 e. The highest BCUT2D eigenvalue weighted by atomic mass is 16.5. The number of ether oxygens (including phenoxy) is 1. The SMILES string of the molecule is C1=C2COCCC2Cc2cc3ccccc3cc21. The molecular weight excluding hydrogens is 220 g/mol. The molecule has 18 heavy (non-hydrogen) atoms. The van der Waals surface area contributed by atoms with Gasteiger partial charge in [0.1, 0.15) is 0 Å². The van der Waals surface area contributed by atoms with Crippen LogP contribution in [0, 0.1) is 5.92 Å². The van der Waals surface area contributed by atoms with Crippen molar-refractivity contribution in [2.24, 2.45) is 5.92 Å². The van der Waals surface area contributed by atoms with Crippen LogP contribution in [0.3, 0.4) is 0 Å². The molecule has 1 aliphatic heterocycles. The predicted molar refractivity (Wildman–Crippen MR) is 74.6 cm³/mol. The first kappa shape index (κ1) is 10.3. The molecule has 1 heterocycles. The van der Waals surface area contributed by atoms with Crippen molar-refractivity contribution in [3.8, 4) is 0 Å². The standard InChI is InChI=1S/C17H16O/c1-2-4-13-8-16-10-17-11-18-6-5-14(17)9-15(16)7-12(13)3-1/h1-4,7-8,10,14H,5-6,9,11H2. The summed E-state index contributed by atoms with van der Waals surface area (Å²) in [4.78, 5) is 0. The van der Waals surface area contributed by atoms with Crippen LogP contribution < -0.4 is 0 Å². The number of fused-ring (bicyclic) bond motifs is 3. The fourth-order valence-electron chi connectivity index (χ4n) is 3.19. The maximum Gasteiger partial charge on any atom is 0.0682 e. The molecule has 1 nitrogen and oxygen atoms in total. The van der Waals surface area contributed by atoms with Crippen LogP contribution in [0.2, 0.25) is 0 Å². The van der Waals surface area contributed by atoms with Crippen molar-refractivity contribution in [2.45, 2.75) is 12.8 Å². The Bertz CT molecular complexity index is 639. The third-order valence-electron chi connectivity index (χ3n) is 4.22. The first-order valence-electron chi connectivity index (χ1n) is 6.70.